The van der Waals surface area contributed by atoms with E-state index < -0.39 is 0 Å². The molecule has 0 saturated carbocycles. The quantitative estimate of drug-likeness (QED) is 0.869. The van der Waals surface area contributed by atoms with Gasteiger partial charge in [0.05, 0.1) is 6.04 Å². The van der Waals surface area contributed by atoms with E-state index in [1.807, 2.05) is 12.1 Å². The van der Waals surface area contributed by atoms with E-state index in [0.29, 0.717) is 0 Å². The van der Waals surface area contributed by atoms with Gasteiger partial charge in [0.15, 0.2) is 0 Å². The minimum absolute atomic E-state index is 0.0115. The molecule has 0 fully saturated rings. The van der Waals surface area contributed by atoms with Crippen molar-refractivity contribution >= 4 is 0 Å². The molecule has 2 heteroatoms. The second-order valence-electron chi connectivity index (χ2n) is 6.04. The van der Waals surface area contributed by atoms with Crippen molar-refractivity contribution in [2.45, 2.75) is 45.6 Å². The second-order valence-corrected chi connectivity index (χ2v) is 6.04. The Morgan fingerprint density at radius 2 is 1.68 bits per heavy atom. The predicted octanol–water partition coefficient (Wildman–Crippen LogP) is 4.65. The lowest BCUT2D eigenvalue weighted by molar-refractivity contribution is 0.470. The van der Waals surface area contributed by atoms with Crippen LogP contribution < -0.4 is 5.73 Å². The largest absolute Gasteiger partial charge is 0.459 e. The van der Waals surface area contributed by atoms with E-state index in [1.165, 1.54) is 5.56 Å². The van der Waals surface area contributed by atoms with Crippen LogP contribution in [0.5, 0.6) is 0 Å². The summed E-state index contributed by atoms with van der Waals surface area (Å²) < 4.78 is 5.82. The Kier molecular flexibility index (Phi) is 3.81. The molecular weight excluding hydrogens is 234 g/mol. The minimum atomic E-state index is -0.0115. The van der Waals surface area contributed by atoms with Crippen LogP contribution in [0.15, 0.2) is 40.8 Å². The summed E-state index contributed by atoms with van der Waals surface area (Å²) in [5.41, 5.74) is 8.58. The number of furan rings is 1. The molecule has 19 heavy (non-hydrogen) atoms. The van der Waals surface area contributed by atoms with Gasteiger partial charge >= 0.3 is 0 Å². The highest BCUT2D eigenvalue weighted by atomic mass is 16.3. The van der Waals surface area contributed by atoms with Crippen LogP contribution in [0.2, 0.25) is 0 Å². The summed E-state index contributed by atoms with van der Waals surface area (Å²) >= 11 is 0. The number of hydrogen-bond donors (Lipinski definition) is 1. The second kappa shape index (κ2) is 5.22. The first-order valence-corrected chi connectivity index (χ1v) is 6.88. The molecule has 2 aromatic rings. The van der Waals surface area contributed by atoms with Crippen molar-refractivity contribution in [3.63, 3.8) is 0 Å². The minimum Gasteiger partial charge on any atom is -0.459 e. The predicted molar refractivity (Wildman–Crippen MR) is 80.1 cm³/mol. The summed E-state index contributed by atoms with van der Waals surface area (Å²) in [5.74, 6) is 1.75. The van der Waals surface area contributed by atoms with E-state index >= 15 is 0 Å². The van der Waals surface area contributed by atoms with Gasteiger partial charge in [-0.05, 0) is 29.5 Å². The van der Waals surface area contributed by atoms with Crippen LogP contribution in [-0.4, -0.2) is 0 Å². The summed E-state index contributed by atoms with van der Waals surface area (Å²) in [6.45, 7) is 8.71. The molecule has 1 atom stereocenters. The topological polar surface area (TPSA) is 39.2 Å². The van der Waals surface area contributed by atoms with Gasteiger partial charge in [-0.1, -0.05) is 52.0 Å². The van der Waals surface area contributed by atoms with Crippen molar-refractivity contribution in [1.29, 1.82) is 0 Å². The third kappa shape index (κ3) is 3.07. The molecule has 2 N–H and O–H groups in total. The maximum absolute atomic E-state index is 5.97. The van der Waals surface area contributed by atoms with Crippen LogP contribution in [0.25, 0.3) is 11.3 Å². The van der Waals surface area contributed by atoms with Gasteiger partial charge < -0.3 is 10.2 Å². The Morgan fingerprint density at radius 3 is 2.21 bits per heavy atom. The molecule has 1 unspecified atom stereocenters. The zero-order valence-corrected chi connectivity index (χ0v) is 12.2. The van der Waals surface area contributed by atoms with Crippen LogP contribution in [0.4, 0.5) is 0 Å². The molecule has 0 spiro atoms. The van der Waals surface area contributed by atoms with Gasteiger partial charge in [0, 0.05) is 5.56 Å². The standard InChI is InChI=1S/C17H23NO/c1-5-14(18)16-11-10-15(19-16)12-6-8-13(9-7-12)17(2,3)4/h6-11,14H,5,18H2,1-4H3. The molecule has 1 aromatic carbocycles. The third-order valence-electron chi connectivity index (χ3n) is 3.47. The Morgan fingerprint density at radius 1 is 1.05 bits per heavy atom. The van der Waals surface area contributed by atoms with Crippen molar-refractivity contribution in [2.24, 2.45) is 5.73 Å². The van der Waals surface area contributed by atoms with Crippen molar-refractivity contribution in [3.05, 3.63) is 47.7 Å². The maximum Gasteiger partial charge on any atom is 0.134 e. The van der Waals surface area contributed by atoms with Crippen LogP contribution in [0.1, 0.15) is 51.5 Å². The molecule has 0 bridgehead atoms. The summed E-state index contributed by atoms with van der Waals surface area (Å²) in [6.07, 6.45) is 0.885. The molecule has 0 aliphatic rings. The molecule has 0 aliphatic carbocycles. The normalized spacial score (nSPS) is 13.5. The molecular formula is C17H23NO. The number of benzene rings is 1. The SMILES string of the molecule is CCC(N)c1ccc(-c2ccc(C(C)(C)C)cc2)o1. The van der Waals surface area contributed by atoms with Crippen molar-refractivity contribution in [2.75, 3.05) is 0 Å². The number of hydrogen-bond acceptors (Lipinski definition) is 2. The maximum atomic E-state index is 5.97. The molecule has 102 valence electrons. The average molecular weight is 257 g/mol. The van der Waals surface area contributed by atoms with E-state index in [2.05, 4.69) is 52.0 Å². The highest BCUT2D eigenvalue weighted by Gasteiger charge is 2.14. The highest BCUT2D eigenvalue weighted by molar-refractivity contribution is 5.58. The van der Waals surface area contributed by atoms with Crippen LogP contribution in [-0.2, 0) is 5.41 Å². The molecule has 1 heterocycles. The molecule has 0 aliphatic heterocycles. The van der Waals surface area contributed by atoms with Gasteiger partial charge in [-0.25, -0.2) is 0 Å². The Labute approximate surface area is 115 Å². The van der Waals surface area contributed by atoms with E-state index in [4.69, 9.17) is 10.2 Å². The average Bonchev–Trinajstić information content (AvgIpc) is 2.86. The summed E-state index contributed by atoms with van der Waals surface area (Å²) in [5, 5.41) is 0. The zero-order chi connectivity index (χ0) is 14.0. The Balaban J connectivity index is 2.25. The molecule has 0 saturated heterocycles. The Bertz CT molecular complexity index is 531. The van der Waals surface area contributed by atoms with Gasteiger partial charge in [0.25, 0.3) is 0 Å². The smallest absolute Gasteiger partial charge is 0.134 e. The fourth-order valence-electron chi connectivity index (χ4n) is 2.04. The first kappa shape index (κ1) is 13.9. The van der Waals surface area contributed by atoms with Gasteiger partial charge in [0.2, 0.25) is 0 Å². The molecule has 2 rings (SSSR count). The van der Waals surface area contributed by atoms with E-state index in [0.717, 1.165) is 23.5 Å². The summed E-state index contributed by atoms with van der Waals surface area (Å²) in [4.78, 5) is 0. The summed E-state index contributed by atoms with van der Waals surface area (Å²) in [6, 6.07) is 12.5. The fourth-order valence-corrected chi connectivity index (χ4v) is 2.04. The molecule has 2 nitrogen and oxygen atoms in total. The monoisotopic (exact) mass is 257 g/mol. The fraction of sp³-hybridized carbons (Fsp3) is 0.412. The van der Waals surface area contributed by atoms with E-state index in [9.17, 15) is 0 Å². The van der Waals surface area contributed by atoms with Crippen molar-refractivity contribution < 1.29 is 4.42 Å². The molecule has 0 amide bonds. The van der Waals surface area contributed by atoms with E-state index in [1.54, 1.807) is 0 Å². The third-order valence-corrected chi connectivity index (χ3v) is 3.47. The zero-order valence-electron chi connectivity index (χ0n) is 12.2. The van der Waals surface area contributed by atoms with Crippen LogP contribution in [0, 0.1) is 0 Å². The lowest BCUT2D eigenvalue weighted by atomic mass is 9.86. The van der Waals surface area contributed by atoms with Gasteiger partial charge in [-0.15, -0.1) is 0 Å². The highest BCUT2D eigenvalue weighted by Crippen LogP contribution is 2.28. The van der Waals surface area contributed by atoms with Gasteiger partial charge in [0.1, 0.15) is 11.5 Å². The number of nitrogens with two attached hydrogens (primary N) is 1. The van der Waals surface area contributed by atoms with Crippen molar-refractivity contribution in [1.82, 2.24) is 0 Å². The van der Waals surface area contributed by atoms with E-state index in [-0.39, 0.29) is 11.5 Å². The Hall–Kier alpha value is -1.54. The van der Waals surface area contributed by atoms with Crippen molar-refractivity contribution in [3.8, 4) is 11.3 Å². The number of rotatable bonds is 3. The molecule has 0 radical (unpaired) electrons. The lowest BCUT2D eigenvalue weighted by Gasteiger charge is -2.18. The first-order chi connectivity index (χ1) is 8.91. The van der Waals surface area contributed by atoms with Crippen LogP contribution >= 0.6 is 0 Å². The molecule has 1 aromatic heterocycles. The van der Waals surface area contributed by atoms with Crippen LogP contribution in [0.3, 0.4) is 0 Å². The first-order valence-electron chi connectivity index (χ1n) is 6.88. The summed E-state index contributed by atoms with van der Waals surface area (Å²) in [7, 11) is 0. The van der Waals surface area contributed by atoms with Gasteiger partial charge in [-0.3, -0.25) is 0 Å². The van der Waals surface area contributed by atoms with Gasteiger partial charge in [-0.2, -0.15) is 0 Å². The lowest BCUT2D eigenvalue weighted by Crippen LogP contribution is -2.10.